The highest BCUT2D eigenvalue weighted by Gasteiger charge is 2.11. The molecule has 0 spiro atoms. The van der Waals surface area contributed by atoms with Crippen molar-refractivity contribution in [3.63, 3.8) is 0 Å². The van der Waals surface area contributed by atoms with Gasteiger partial charge in [0.1, 0.15) is 5.75 Å². The number of carbonyl (C=O) groups is 1. The molecular weight excluding hydrogens is 276 g/mol. The molecule has 0 saturated carbocycles. The Morgan fingerprint density at radius 2 is 2.00 bits per heavy atom. The topological polar surface area (TPSA) is 54.1 Å². The normalized spacial score (nSPS) is 10.6. The van der Waals surface area contributed by atoms with E-state index in [1.165, 1.54) is 0 Å². The summed E-state index contributed by atoms with van der Waals surface area (Å²) >= 11 is 0. The van der Waals surface area contributed by atoms with Crippen molar-refractivity contribution in [1.82, 2.24) is 10.3 Å². The number of H-pyrrole nitrogens is 1. The summed E-state index contributed by atoms with van der Waals surface area (Å²) in [7, 11) is 1.56. The molecule has 0 atom stereocenters. The summed E-state index contributed by atoms with van der Waals surface area (Å²) in [6, 6.07) is 15.4. The highest BCUT2D eigenvalue weighted by atomic mass is 16.5. The number of rotatable bonds is 4. The molecule has 0 radical (unpaired) electrons. The van der Waals surface area contributed by atoms with Crippen molar-refractivity contribution in [2.45, 2.75) is 13.5 Å². The van der Waals surface area contributed by atoms with Crippen LogP contribution in [0.25, 0.3) is 10.9 Å². The van der Waals surface area contributed by atoms with Crippen LogP contribution < -0.4 is 10.1 Å². The molecule has 4 heteroatoms. The molecule has 0 unspecified atom stereocenters. The third-order valence-electron chi connectivity index (χ3n) is 3.62. The van der Waals surface area contributed by atoms with Crippen molar-refractivity contribution in [3.8, 4) is 5.75 Å². The first kappa shape index (κ1) is 14.2. The van der Waals surface area contributed by atoms with Gasteiger partial charge >= 0.3 is 0 Å². The van der Waals surface area contributed by atoms with Crippen LogP contribution in [-0.2, 0) is 6.54 Å². The zero-order chi connectivity index (χ0) is 15.5. The minimum Gasteiger partial charge on any atom is -0.496 e. The molecular formula is C18H18N2O2. The second-order valence-corrected chi connectivity index (χ2v) is 5.26. The van der Waals surface area contributed by atoms with Gasteiger partial charge in [0.05, 0.1) is 12.7 Å². The molecule has 2 aromatic carbocycles. The lowest BCUT2D eigenvalue weighted by molar-refractivity contribution is 0.0948. The predicted molar refractivity (Wildman–Crippen MR) is 87.2 cm³/mol. The number of hydrogen-bond donors (Lipinski definition) is 2. The number of methoxy groups -OCH3 is 1. The van der Waals surface area contributed by atoms with Crippen LogP contribution in [0.2, 0.25) is 0 Å². The van der Waals surface area contributed by atoms with Gasteiger partial charge in [-0.25, -0.2) is 0 Å². The second-order valence-electron chi connectivity index (χ2n) is 5.26. The minimum atomic E-state index is -0.136. The monoisotopic (exact) mass is 294 g/mol. The molecule has 0 aliphatic rings. The second kappa shape index (κ2) is 5.93. The lowest BCUT2D eigenvalue weighted by atomic mass is 10.1. The maximum absolute atomic E-state index is 12.3. The van der Waals surface area contributed by atoms with Crippen LogP contribution in [-0.4, -0.2) is 18.0 Å². The molecule has 0 bridgehead atoms. The summed E-state index contributed by atoms with van der Waals surface area (Å²) in [5.74, 6) is 0.444. The zero-order valence-electron chi connectivity index (χ0n) is 12.6. The van der Waals surface area contributed by atoms with E-state index in [1.54, 1.807) is 19.2 Å². The van der Waals surface area contributed by atoms with Gasteiger partial charge in [-0.3, -0.25) is 4.79 Å². The van der Waals surface area contributed by atoms with Crippen LogP contribution in [0.15, 0.2) is 48.5 Å². The van der Waals surface area contributed by atoms with Crippen molar-refractivity contribution in [3.05, 3.63) is 65.4 Å². The van der Waals surface area contributed by atoms with E-state index in [1.807, 2.05) is 31.2 Å². The average molecular weight is 294 g/mol. The Bertz CT molecular complexity index is 821. The Morgan fingerprint density at radius 1 is 1.18 bits per heavy atom. The van der Waals surface area contributed by atoms with E-state index < -0.39 is 0 Å². The summed E-state index contributed by atoms with van der Waals surface area (Å²) in [5, 5.41) is 4.09. The summed E-state index contributed by atoms with van der Waals surface area (Å²) in [6.07, 6.45) is 0. The molecule has 1 aromatic heterocycles. The molecule has 0 fully saturated rings. The number of benzene rings is 2. The van der Waals surface area contributed by atoms with Crippen LogP contribution in [0, 0.1) is 6.92 Å². The first-order valence-electron chi connectivity index (χ1n) is 7.17. The number of aromatic amines is 1. The predicted octanol–water partition coefficient (Wildman–Crippen LogP) is 3.41. The molecule has 1 amide bonds. The van der Waals surface area contributed by atoms with E-state index in [4.69, 9.17) is 4.74 Å². The van der Waals surface area contributed by atoms with Crippen molar-refractivity contribution < 1.29 is 9.53 Å². The molecule has 0 aliphatic carbocycles. The van der Waals surface area contributed by atoms with E-state index in [0.29, 0.717) is 17.9 Å². The molecule has 1 heterocycles. The number of aromatic nitrogens is 1. The van der Waals surface area contributed by atoms with Crippen LogP contribution in [0.5, 0.6) is 5.75 Å². The van der Waals surface area contributed by atoms with E-state index in [9.17, 15) is 4.79 Å². The van der Waals surface area contributed by atoms with E-state index in [0.717, 1.165) is 22.2 Å². The number of nitrogens with one attached hydrogen (secondary N) is 2. The first-order chi connectivity index (χ1) is 10.7. The minimum absolute atomic E-state index is 0.136. The Kier molecular flexibility index (Phi) is 3.83. The maximum Gasteiger partial charge on any atom is 0.255 e. The molecule has 2 N–H and O–H groups in total. The molecule has 0 saturated heterocycles. The molecule has 3 rings (SSSR count). The van der Waals surface area contributed by atoms with Gasteiger partial charge in [-0.1, -0.05) is 18.2 Å². The molecule has 3 aromatic rings. The van der Waals surface area contributed by atoms with E-state index >= 15 is 0 Å². The van der Waals surface area contributed by atoms with Gasteiger partial charge < -0.3 is 15.0 Å². The van der Waals surface area contributed by atoms with Crippen LogP contribution in [0.1, 0.15) is 21.6 Å². The lowest BCUT2D eigenvalue weighted by Crippen LogP contribution is -2.23. The summed E-state index contributed by atoms with van der Waals surface area (Å²) < 4.78 is 5.21. The van der Waals surface area contributed by atoms with Gasteiger partial charge in [0.2, 0.25) is 0 Å². The fraction of sp³-hybridized carbons (Fsp3) is 0.167. The van der Waals surface area contributed by atoms with Gasteiger partial charge in [0.25, 0.3) is 5.91 Å². The van der Waals surface area contributed by atoms with Crippen molar-refractivity contribution in [1.29, 1.82) is 0 Å². The number of ether oxygens (including phenoxy) is 1. The number of carbonyl (C=O) groups excluding carboxylic acids is 1. The number of para-hydroxylation sites is 1. The summed E-state index contributed by atoms with van der Waals surface area (Å²) in [4.78, 5) is 15.6. The standard InChI is InChI=1S/C18H18N2O2/c1-12-9-14-10-13(7-8-16(14)20-12)11-19-18(21)15-5-3-4-6-17(15)22-2/h3-10,20H,11H2,1-2H3,(H,19,21). The largest absolute Gasteiger partial charge is 0.496 e. The van der Waals surface area contributed by atoms with Crippen LogP contribution in [0.4, 0.5) is 0 Å². The van der Waals surface area contributed by atoms with Crippen molar-refractivity contribution >= 4 is 16.8 Å². The fourth-order valence-corrected chi connectivity index (χ4v) is 2.55. The van der Waals surface area contributed by atoms with Crippen molar-refractivity contribution in [2.75, 3.05) is 7.11 Å². The Balaban J connectivity index is 1.74. The highest BCUT2D eigenvalue weighted by molar-refractivity contribution is 5.96. The quantitative estimate of drug-likeness (QED) is 0.774. The van der Waals surface area contributed by atoms with Gasteiger partial charge in [0, 0.05) is 17.8 Å². The number of fused-ring (bicyclic) bond motifs is 1. The fourth-order valence-electron chi connectivity index (χ4n) is 2.55. The number of aryl methyl sites for hydroxylation is 1. The Morgan fingerprint density at radius 3 is 2.82 bits per heavy atom. The van der Waals surface area contributed by atoms with Gasteiger partial charge in [0.15, 0.2) is 0 Å². The molecule has 4 nitrogen and oxygen atoms in total. The highest BCUT2D eigenvalue weighted by Crippen LogP contribution is 2.18. The summed E-state index contributed by atoms with van der Waals surface area (Å²) in [6.45, 7) is 2.51. The van der Waals surface area contributed by atoms with Crippen LogP contribution in [0.3, 0.4) is 0 Å². The molecule has 112 valence electrons. The lowest BCUT2D eigenvalue weighted by Gasteiger charge is -2.09. The maximum atomic E-state index is 12.3. The van der Waals surface area contributed by atoms with Gasteiger partial charge in [-0.2, -0.15) is 0 Å². The van der Waals surface area contributed by atoms with Crippen LogP contribution >= 0.6 is 0 Å². The Labute approximate surface area is 129 Å². The van der Waals surface area contributed by atoms with E-state index in [-0.39, 0.29) is 5.91 Å². The molecule has 0 aliphatic heterocycles. The van der Waals surface area contributed by atoms with Gasteiger partial charge in [-0.15, -0.1) is 0 Å². The SMILES string of the molecule is COc1ccccc1C(=O)NCc1ccc2[nH]c(C)cc2c1. The first-order valence-corrected chi connectivity index (χ1v) is 7.17. The zero-order valence-corrected chi connectivity index (χ0v) is 12.6. The van der Waals surface area contributed by atoms with Gasteiger partial charge in [-0.05, 0) is 48.2 Å². The smallest absolute Gasteiger partial charge is 0.255 e. The Hall–Kier alpha value is -2.75. The third kappa shape index (κ3) is 2.81. The number of hydrogen-bond acceptors (Lipinski definition) is 2. The average Bonchev–Trinajstić information content (AvgIpc) is 2.91. The third-order valence-corrected chi connectivity index (χ3v) is 3.62. The summed E-state index contributed by atoms with van der Waals surface area (Å²) in [5.41, 5.74) is 3.85. The number of amides is 1. The van der Waals surface area contributed by atoms with Crippen molar-refractivity contribution in [2.24, 2.45) is 0 Å². The molecule has 22 heavy (non-hydrogen) atoms. The van der Waals surface area contributed by atoms with E-state index in [2.05, 4.69) is 22.4 Å².